The molecule has 1 fully saturated rings. The Kier molecular flexibility index (Phi) is 7.10. The average molecular weight is 402 g/mol. The van der Waals surface area contributed by atoms with Crippen LogP contribution in [0.4, 0.5) is 5.69 Å². The third-order valence-electron chi connectivity index (χ3n) is 4.54. The minimum absolute atomic E-state index is 0.649. The van der Waals surface area contributed by atoms with E-state index in [-0.39, 0.29) is 0 Å². The van der Waals surface area contributed by atoms with Gasteiger partial charge in [-0.15, -0.1) is 0 Å². The lowest BCUT2D eigenvalue weighted by atomic mass is 10.2. The molecule has 27 heavy (non-hydrogen) atoms. The Labute approximate surface area is 171 Å². The summed E-state index contributed by atoms with van der Waals surface area (Å²) in [6.07, 6.45) is 4.39. The molecule has 0 unspecified atom stereocenters. The topological polar surface area (TPSA) is 27.7 Å². The third-order valence-corrected chi connectivity index (χ3v) is 5.13. The van der Waals surface area contributed by atoms with Crippen LogP contribution in [0.2, 0.25) is 5.02 Å². The number of thiocarbonyl (C=S) groups is 1. The molecular formula is C21H24ClN3OS. The van der Waals surface area contributed by atoms with Crippen molar-refractivity contribution in [3.8, 4) is 5.75 Å². The van der Waals surface area contributed by atoms with Gasteiger partial charge in [-0.25, -0.2) is 0 Å². The number of hydrogen-bond donors (Lipinski definition) is 1. The van der Waals surface area contributed by atoms with Crippen LogP contribution in [0.3, 0.4) is 0 Å². The maximum absolute atomic E-state index is 6.09. The van der Waals surface area contributed by atoms with Crippen molar-refractivity contribution >= 4 is 40.7 Å². The molecule has 0 spiro atoms. The Morgan fingerprint density at radius 2 is 1.89 bits per heavy atom. The summed E-state index contributed by atoms with van der Waals surface area (Å²) < 4.78 is 5.37. The summed E-state index contributed by atoms with van der Waals surface area (Å²) in [5, 5.41) is 4.62. The molecule has 2 aromatic rings. The van der Waals surface area contributed by atoms with E-state index in [0.717, 1.165) is 44.2 Å². The molecular weight excluding hydrogens is 378 g/mol. The quantitative estimate of drug-likeness (QED) is 0.750. The van der Waals surface area contributed by atoms with Crippen molar-refractivity contribution in [1.82, 2.24) is 9.80 Å². The van der Waals surface area contributed by atoms with Gasteiger partial charge in [0, 0.05) is 37.7 Å². The Hall–Kier alpha value is -2.08. The summed E-state index contributed by atoms with van der Waals surface area (Å²) in [6, 6.07) is 15.8. The van der Waals surface area contributed by atoms with Gasteiger partial charge in [0.2, 0.25) is 0 Å². The summed E-state index contributed by atoms with van der Waals surface area (Å²) >= 11 is 11.7. The van der Waals surface area contributed by atoms with Crippen LogP contribution in [0.25, 0.3) is 6.08 Å². The molecule has 3 rings (SSSR count). The van der Waals surface area contributed by atoms with E-state index in [1.54, 1.807) is 13.2 Å². The van der Waals surface area contributed by atoms with E-state index in [9.17, 15) is 0 Å². The van der Waals surface area contributed by atoms with Gasteiger partial charge < -0.3 is 15.0 Å². The van der Waals surface area contributed by atoms with E-state index >= 15 is 0 Å². The zero-order valence-corrected chi connectivity index (χ0v) is 17.0. The molecule has 0 bridgehead atoms. The number of halogens is 1. The van der Waals surface area contributed by atoms with E-state index in [1.807, 2.05) is 18.2 Å². The predicted molar refractivity (Wildman–Crippen MR) is 118 cm³/mol. The molecule has 1 heterocycles. The second-order valence-corrected chi connectivity index (χ2v) is 7.20. The number of rotatable bonds is 5. The number of ether oxygens (including phenoxy) is 1. The molecule has 0 saturated carbocycles. The number of anilines is 1. The first-order chi connectivity index (χ1) is 13.2. The highest BCUT2D eigenvalue weighted by Gasteiger charge is 2.19. The Balaban J connectivity index is 1.48. The minimum atomic E-state index is 0.649. The lowest BCUT2D eigenvalue weighted by Gasteiger charge is -2.35. The number of hydrogen-bond acceptors (Lipinski definition) is 3. The molecule has 1 aliphatic rings. The number of nitrogens with one attached hydrogen (secondary N) is 1. The number of benzene rings is 2. The minimum Gasteiger partial charge on any atom is -0.495 e. The van der Waals surface area contributed by atoms with Gasteiger partial charge in [0.05, 0.1) is 12.8 Å². The number of nitrogens with zero attached hydrogens (tertiary/aromatic N) is 2. The van der Waals surface area contributed by atoms with Gasteiger partial charge in [-0.05, 0) is 36.0 Å². The van der Waals surface area contributed by atoms with Gasteiger partial charge >= 0.3 is 0 Å². The van der Waals surface area contributed by atoms with Crippen LogP contribution >= 0.6 is 23.8 Å². The highest BCUT2D eigenvalue weighted by molar-refractivity contribution is 7.80. The van der Waals surface area contributed by atoms with Crippen molar-refractivity contribution in [3.63, 3.8) is 0 Å². The zero-order valence-electron chi connectivity index (χ0n) is 15.4. The van der Waals surface area contributed by atoms with Crippen molar-refractivity contribution < 1.29 is 4.74 Å². The fourth-order valence-electron chi connectivity index (χ4n) is 3.01. The predicted octanol–water partition coefficient (Wildman–Crippen LogP) is 4.38. The SMILES string of the molecule is COc1ccc(Cl)cc1NC(=S)N1CCN(C/C=C/c2ccccc2)CC1. The Morgan fingerprint density at radius 3 is 2.59 bits per heavy atom. The second-order valence-electron chi connectivity index (χ2n) is 6.38. The van der Waals surface area contributed by atoms with Crippen LogP contribution in [0.1, 0.15) is 5.56 Å². The van der Waals surface area contributed by atoms with E-state index in [4.69, 9.17) is 28.6 Å². The van der Waals surface area contributed by atoms with Crippen LogP contribution in [0.15, 0.2) is 54.6 Å². The van der Waals surface area contributed by atoms with Crippen LogP contribution in [0, 0.1) is 0 Å². The van der Waals surface area contributed by atoms with Crippen LogP contribution in [-0.2, 0) is 0 Å². The lowest BCUT2D eigenvalue weighted by Crippen LogP contribution is -2.49. The van der Waals surface area contributed by atoms with Crippen LogP contribution in [-0.4, -0.2) is 54.7 Å². The Bertz CT molecular complexity index is 789. The average Bonchev–Trinajstić information content (AvgIpc) is 2.69. The van der Waals surface area contributed by atoms with Crippen LogP contribution < -0.4 is 10.1 Å². The van der Waals surface area contributed by atoms with Gasteiger partial charge in [-0.1, -0.05) is 54.1 Å². The molecule has 1 aliphatic heterocycles. The van der Waals surface area contributed by atoms with Crippen molar-refractivity contribution in [1.29, 1.82) is 0 Å². The largest absolute Gasteiger partial charge is 0.495 e. The van der Waals surface area contributed by atoms with Crippen LogP contribution in [0.5, 0.6) is 5.75 Å². The molecule has 4 nitrogen and oxygen atoms in total. The highest BCUT2D eigenvalue weighted by Crippen LogP contribution is 2.28. The van der Waals surface area contributed by atoms with Gasteiger partial charge in [0.15, 0.2) is 5.11 Å². The molecule has 0 aromatic heterocycles. The highest BCUT2D eigenvalue weighted by atomic mass is 35.5. The molecule has 0 aliphatic carbocycles. The lowest BCUT2D eigenvalue weighted by molar-refractivity contribution is 0.199. The molecule has 0 amide bonds. The third kappa shape index (κ3) is 5.70. The normalized spacial score (nSPS) is 15.1. The number of methoxy groups -OCH3 is 1. The molecule has 0 atom stereocenters. The smallest absolute Gasteiger partial charge is 0.173 e. The summed E-state index contributed by atoms with van der Waals surface area (Å²) in [5.74, 6) is 0.728. The molecule has 142 valence electrons. The molecule has 2 aromatic carbocycles. The first kappa shape index (κ1) is 19.7. The molecule has 1 N–H and O–H groups in total. The van der Waals surface area contributed by atoms with E-state index in [2.05, 4.69) is 51.5 Å². The summed E-state index contributed by atoms with van der Waals surface area (Å²) in [5.41, 5.74) is 2.03. The van der Waals surface area contributed by atoms with Crippen molar-refractivity contribution in [3.05, 3.63) is 65.2 Å². The molecule has 0 radical (unpaired) electrons. The second kappa shape index (κ2) is 9.74. The van der Waals surface area contributed by atoms with E-state index < -0.39 is 0 Å². The van der Waals surface area contributed by atoms with E-state index in [1.165, 1.54) is 5.56 Å². The molecule has 6 heteroatoms. The van der Waals surface area contributed by atoms with Gasteiger partial charge in [0.25, 0.3) is 0 Å². The molecule has 1 saturated heterocycles. The maximum Gasteiger partial charge on any atom is 0.173 e. The van der Waals surface area contributed by atoms with Gasteiger partial charge in [0.1, 0.15) is 5.75 Å². The maximum atomic E-state index is 6.09. The standard InChI is InChI=1S/C21H24ClN3OS/c1-26-20-10-9-18(22)16-19(20)23-21(27)25-14-12-24(13-15-25)11-5-8-17-6-3-2-4-7-17/h2-10,16H,11-15H2,1H3,(H,23,27)/b8-5+. The Morgan fingerprint density at radius 1 is 1.15 bits per heavy atom. The van der Waals surface area contributed by atoms with Crippen molar-refractivity contribution in [2.24, 2.45) is 0 Å². The van der Waals surface area contributed by atoms with Gasteiger partial charge in [-0.2, -0.15) is 0 Å². The van der Waals surface area contributed by atoms with Crippen molar-refractivity contribution in [2.75, 3.05) is 45.2 Å². The summed E-state index contributed by atoms with van der Waals surface area (Å²) in [4.78, 5) is 4.62. The monoisotopic (exact) mass is 401 g/mol. The zero-order chi connectivity index (χ0) is 19.1. The van der Waals surface area contributed by atoms with Gasteiger partial charge in [-0.3, -0.25) is 4.90 Å². The fraction of sp³-hybridized carbons (Fsp3) is 0.286. The first-order valence-electron chi connectivity index (χ1n) is 8.99. The van der Waals surface area contributed by atoms with E-state index in [0.29, 0.717) is 10.1 Å². The fourth-order valence-corrected chi connectivity index (χ4v) is 3.47. The first-order valence-corrected chi connectivity index (χ1v) is 9.78. The number of piperazine rings is 1. The summed E-state index contributed by atoms with van der Waals surface area (Å²) in [7, 11) is 1.64. The summed E-state index contributed by atoms with van der Waals surface area (Å²) in [6.45, 7) is 4.70. The van der Waals surface area contributed by atoms with Crippen molar-refractivity contribution in [2.45, 2.75) is 0 Å².